The van der Waals surface area contributed by atoms with Gasteiger partial charge < -0.3 is 4.90 Å². The number of aromatic amines is 1. The Balaban J connectivity index is 2.86. The molecular weight excluding hydrogens is 216 g/mol. The van der Waals surface area contributed by atoms with Crippen molar-refractivity contribution >= 4 is 5.91 Å². The summed E-state index contributed by atoms with van der Waals surface area (Å²) in [4.78, 5) is 18.1. The second-order valence-corrected chi connectivity index (χ2v) is 5.14. The lowest BCUT2D eigenvalue weighted by Crippen LogP contribution is -2.32. The average molecular weight is 238 g/mol. The zero-order chi connectivity index (χ0) is 13.1. The van der Waals surface area contributed by atoms with Crippen LogP contribution in [-0.2, 0) is 5.41 Å². The quantitative estimate of drug-likeness (QED) is 0.872. The van der Waals surface area contributed by atoms with Gasteiger partial charge in [-0.1, -0.05) is 27.7 Å². The van der Waals surface area contributed by atoms with Crippen LogP contribution in [0.25, 0.3) is 0 Å². The van der Waals surface area contributed by atoms with E-state index in [0.29, 0.717) is 6.54 Å². The van der Waals surface area contributed by atoms with Gasteiger partial charge in [0, 0.05) is 18.5 Å². The number of nitrogens with one attached hydrogen (secondary N) is 1. The zero-order valence-corrected chi connectivity index (χ0v) is 11.4. The number of amides is 1. The summed E-state index contributed by atoms with van der Waals surface area (Å²) in [5.74, 6) is 0.916. The summed E-state index contributed by atoms with van der Waals surface area (Å²) >= 11 is 0. The first-order chi connectivity index (χ1) is 7.90. The minimum Gasteiger partial charge on any atom is -0.336 e. The Hall–Kier alpha value is -1.39. The molecule has 0 aliphatic heterocycles. The van der Waals surface area contributed by atoms with Crippen molar-refractivity contribution in [3.05, 3.63) is 11.6 Å². The van der Waals surface area contributed by atoms with Gasteiger partial charge in [-0.2, -0.15) is 0 Å². The van der Waals surface area contributed by atoms with Crippen molar-refractivity contribution in [3.8, 4) is 0 Å². The molecule has 17 heavy (non-hydrogen) atoms. The van der Waals surface area contributed by atoms with E-state index in [0.717, 1.165) is 18.8 Å². The molecule has 0 radical (unpaired) electrons. The summed E-state index contributed by atoms with van der Waals surface area (Å²) in [6.45, 7) is 11.5. The number of carbonyl (C=O) groups is 1. The molecule has 1 aromatic rings. The lowest BCUT2D eigenvalue weighted by Gasteiger charge is -2.18. The molecule has 0 atom stereocenters. The Kier molecular flexibility index (Phi) is 4.26. The average Bonchev–Trinajstić information content (AvgIpc) is 2.73. The maximum atomic E-state index is 12.1. The minimum atomic E-state index is -0.118. The van der Waals surface area contributed by atoms with Gasteiger partial charge in [0.05, 0.1) is 0 Å². The highest BCUT2D eigenvalue weighted by Gasteiger charge is 2.23. The molecule has 0 aliphatic rings. The summed E-state index contributed by atoms with van der Waals surface area (Å²) in [5.41, 5.74) is -0.118. The molecule has 5 heteroatoms. The highest BCUT2D eigenvalue weighted by Crippen LogP contribution is 2.17. The molecule has 1 aromatic heterocycles. The van der Waals surface area contributed by atoms with E-state index < -0.39 is 0 Å². The monoisotopic (exact) mass is 238 g/mol. The molecule has 1 rings (SSSR count). The molecule has 0 aliphatic carbocycles. The fourth-order valence-electron chi connectivity index (χ4n) is 1.51. The molecule has 0 aromatic carbocycles. The Labute approximate surface area is 103 Å². The Morgan fingerprint density at radius 3 is 2.41 bits per heavy atom. The topological polar surface area (TPSA) is 61.9 Å². The van der Waals surface area contributed by atoms with Crippen molar-refractivity contribution in [1.29, 1.82) is 0 Å². The second kappa shape index (κ2) is 5.29. The molecular formula is C12H22N4O. The number of hydrogen-bond acceptors (Lipinski definition) is 3. The first-order valence-electron chi connectivity index (χ1n) is 6.12. The van der Waals surface area contributed by atoms with Gasteiger partial charge in [0.2, 0.25) is 5.82 Å². The maximum Gasteiger partial charge on any atom is 0.293 e. The molecule has 0 spiro atoms. The second-order valence-electron chi connectivity index (χ2n) is 5.14. The predicted molar refractivity (Wildman–Crippen MR) is 67.0 cm³/mol. The lowest BCUT2D eigenvalue weighted by atomic mass is 9.96. The van der Waals surface area contributed by atoms with Gasteiger partial charge in [0.15, 0.2) is 0 Å². The van der Waals surface area contributed by atoms with Gasteiger partial charge >= 0.3 is 0 Å². The molecule has 1 N–H and O–H groups in total. The summed E-state index contributed by atoms with van der Waals surface area (Å²) in [6, 6.07) is 0. The third-order valence-corrected chi connectivity index (χ3v) is 2.55. The van der Waals surface area contributed by atoms with E-state index in [4.69, 9.17) is 0 Å². The van der Waals surface area contributed by atoms with Crippen molar-refractivity contribution in [3.63, 3.8) is 0 Å². The third kappa shape index (κ3) is 3.28. The molecule has 0 saturated carbocycles. The standard InChI is InChI=1S/C12H22N4O/c1-6-8-16(7-2)10(17)9-13-11(15-14-9)12(3,4)5/h6-8H2,1-5H3,(H,13,14,15). The van der Waals surface area contributed by atoms with Gasteiger partial charge in [-0.25, -0.2) is 4.98 Å². The SMILES string of the molecule is CCCN(CC)C(=O)c1n[nH]c(C(C)(C)C)n1. The van der Waals surface area contributed by atoms with Crippen LogP contribution >= 0.6 is 0 Å². The van der Waals surface area contributed by atoms with E-state index in [9.17, 15) is 4.79 Å². The molecule has 1 heterocycles. The molecule has 0 saturated heterocycles. The molecule has 1 amide bonds. The number of nitrogens with zero attached hydrogens (tertiary/aromatic N) is 3. The van der Waals surface area contributed by atoms with Crippen LogP contribution in [0.3, 0.4) is 0 Å². The van der Waals surface area contributed by atoms with Crippen LogP contribution in [-0.4, -0.2) is 39.1 Å². The summed E-state index contributed by atoms with van der Waals surface area (Å²) < 4.78 is 0. The van der Waals surface area contributed by atoms with Crippen LogP contribution < -0.4 is 0 Å². The lowest BCUT2D eigenvalue weighted by molar-refractivity contribution is 0.0752. The summed E-state index contributed by atoms with van der Waals surface area (Å²) in [7, 11) is 0. The predicted octanol–water partition coefficient (Wildman–Crippen LogP) is 1.97. The number of rotatable bonds is 4. The van der Waals surface area contributed by atoms with E-state index in [-0.39, 0.29) is 17.1 Å². The van der Waals surface area contributed by atoms with Gasteiger partial charge in [-0.05, 0) is 13.3 Å². The van der Waals surface area contributed by atoms with Gasteiger partial charge in [0.1, 0.15) is 5.82 Å². The fraction of sp³-hybridized carbons (Fsp3) is 0.750. The number of carbonyl (C=O) groups excluding carboxylic acids is 1. The van der Waals surface area contributed by atoms with Gasteiger partial charge in [0.25, 0.3) is 5.91 Å². The number of H-pyrrole nitrogens is 1. The van der Waals surface area contributed by atoms with Crippen molar-refractivity contribution in [1.82, 2.24) is 20.1 Å². The van der Waals surface area contributed by atoms with E-state index >= 15 is 0 Å². The van der Waals surface area contributed by atoms with Gasteiger partial charge in [-0.3, -0.25) is 9.89 Å². The van der Waals surface area contributed by atoms with E-state index in [1.807, 2.05) is 27.7 Å². The van der Waals surface area contributed by atoms with Gasteiger partial charge in [-0.15, -0.1) is 5.10 Å². The fourth-order valence-corrected chi connectivity index (χ4v) is 1.51. The largest absolute Gasteiger partial charge is 0.336 e. The highest BCUT2D eigenvalue weighted by molar-refractivity contribution is 5.90. The summed E-state index contributed by atoms with van der Waals surface area (Å²) in [5, 5.41) is 6.85. The minimum absolute atomic E-state index is 0.0962. The third-order valence-electron chi connectivity index (χ3n) is 2.55. The first kappa shape index (κ1) is 13.7. The van der Waals surface area contributed by atoms with Crippen molar-refractivity contribution < 1.29 is 4.79 Å². The van der Waals surface area contributed by atoms with Crippen molar-refractivity contribution in [2.24, 2.45) is 0 Å². The van der Waals surface area contributed by atoms with Crippen LogP contribution in [0.15, 0.2) is 0 Å². The molecule has 5 nitrogen and oxygen atoms in total. The van der Waals surface area contributed by atoms with Crippen molar-refractivity contribution in [2.75, 3.05) is 13.1 Å². The molecule has 0 bridgehead atoms. The maximum absolute atomic E-state index is 12.1. The Bertz CT molecular complexity index is 378. The molecule has 0 fully saturated rings. The Morgan fingerprint density at radius 2 is 2.00 bits per heavy atom. The Morgan fingerprint density at radius 1 is 1.35 bits per heavy atom. The van der Waals surface area contributed by atoms with E-state index in [2.05, 4.69) is 22.1 Å². The van der Waals surface area contributed by atoms with Crippen LogP contribution in [0.2, 0.25) is 0 Å². The van der Waals surface area contributed by atoms with Crippen LogP contribution in [0.5, 0.6) is 0 Å². The highest BCUT2D eigenvalue weighted by atomic mass is 16.2. The van der Waals surface area contributed by atoms with E-state index in [1.54, 1.807) is 4.90 Å². The van der Waals surface area contributed by atoms with Crippen molar-refractivity contribution in [2.45, 2.75) is 46.5 Å². The summed E-state index contributed by atoms with van der Waals surface area (Å²) in [6.07, 6.45) is 0.941. The van der Waals surface area contributed by atoms with E-state index in [1.165, 1.54) is 0 Å². The zero-order valence-electron chi connectivity index (χ0n) is 11.4. The van der Waals surface area contributed by atoms with Crippen LogP contribution in [0, 0.1) is 0 Å². The molecule has 0 unspecified atom stereocenters. The van der Waals surface area contributed by atoms with Crippen LogP contribution in [0.4, 0.5) is 0 Å². The molecule has 96 valence electrons. The first-order valence-corrected chi connectivity index (χ1v) is 6.12. The normalized spacial score (nSPS) is 11.6. The smallest absolute Gasteiger partial charge is 0.293 e. The van der Waals surface area contributed by atoms with Crippen LogP contribution in [0.1, 0.15) is 57.5 Å². The number of hydrogen-bond donors (Lipinski definition) is 1. The number of aromatic nitrogens is 3.